The molecule has 0 aliphatic heterocycles. The molecule has 130 valence electrons. The summed E-state index contributed by atoms with van der Waals surface area (Å²) in [4.78, 5) is 23.8. The summed E-state index contributed by atoms with van der Waals surface area (Å²) >= 11 is 0. The molecule has 0 heterocycles. The number of carboxylic acids is 1. The van der Waals surface area contributed by atoms with E-state index in [1.165, 1.54) is 6.07 Å². The maximum atomic E-state index is 12.5. The molecule has 0 aromatic heterocycles. The van der Waals surface area contributed by atoms with Crippen LogP contribution in [0.2, 0.25) is 0 Å². The van der Waals surface area contributed by atoms with Crippen molar-refractivity contribution < 1.29 is 19.4 Å². The molecule has 5 heteroatoms. The first-order valence-electron chi connectivity index (χ1n) is 8.20. The minimum absolute atomic E-state index is 0.0981. The van der Waals surface area contributed by atoms with Gasteiger partial charge >= 0.3 is 5.97 Å². The van der Waals surface area contributed by atoms with Gasteiger partial charge in [0.2, 0.25) is 5.91 Å². The van der Waals surface area contributed by atoms with Crippen molar-refractivity contribution in [2.75, 3.05) is 12.4 Å². The first kappa shape index (κ1) is 17.0. The first-order valence-corrected chi connectivity index (χ1v) is 8.20. The van der Waals surface area contributed by atoms with Gasteiger partial charge in [0.1, 0.15) is 5.75 Å². The summed E-state index contributed by atoms with van der Waals surface area (Å²) in [6.07, 6.45) is 0.757. The Bertz CT molecular complexity index is 844. The number of ether oxygens (including phenoxy) is 1. The van der Waals surface area contributed by atoms with Gasteiger partial charge < -0.3 is 15.2 Å². The standard InChI is InChI=1S/C20H21NO4/c1-11-8-13(9-18(25-3)12(11)2)15-10-16(15)19(22)21-17-7-5-4-6-14(17)20(23)24/h4-9,15-16H,10H2,1-3H3,(H,21,22)(H,23,24). The summed E-state index contributed by atoms with van der Waals surface area (Å²) in [6.45, 7) is 4.04. The van der Waals surface area contributed by atoms with Crippen LogP contribution in [0.25, 0.3) is 0 Å². The fourth-order valence-electron chi connectivity index (χ4n) is 3.14. The van der Waals surface area contributed by atoms with Gasteiger partial charge in [-0.3, -0.25) is 4.79 Å². The van der Waals surface area contributed by atoms with Crippen molar-refractivity contribution in [1.82, 2.24) is 0 Å². The average molecular weight is 339 g/mol. The third-order valence-electron chi connectivity index (χ3n) is 4.83. The predicted molar refractivity (Wildman–Crippen MR) is 95.3 cm³/mol. The van der Waals surface area contributed by atoms with Gasteiger partial charge in [0.25, 0.3) is 0 Å². The van der Waals surface area contributed by atoms with E-state index in [2.05, 4.69) is 11.4 Å². The van der Waals surface area contributed by atoms with Crippen molar-refractivity contribution in [2.24, 2.45) is 5.92 Å². The summed E-state index contributed by atoms with van der Waals surface area (Å²) in [5, 5.41) is 12.0. The van der Waals surface area contributed by atoms with Crippen molar-refractivity contribution in [2.45, 2.75) is 26.2 Å². The van der Waals surface area contributed by atoms with Gasteiger partial charge in [0.15, 0.2) is 0 Å². The summed E-state index contributed by atoms with van der Waals surface area (Å²) in [5.74, 6) is -0.367. The number of para-hydroxylation sites is 1. The molecule has 5 nitrogen and oxygen atoms in total. The molecule has 1 amide bonds. The first-order chi connectivity index (χ1) is 11.9. The second-order valence-corrected chi connectivity index (χ2v) is 6.45. The Morgan fingerprint density at radius 3 is 2.60 bits per heavy atom. The molecule has 25 heavy (non-hydrogen) atoms. The number of rotatable bonds is 5. The molecule has 0 saturated heterocycles. The van der Waals surface area contributed by atoms with Crippen molar-refractivity contribution in [3.63, 3.8) is 0 Å². The number of benzene rings is 2. The van der Waals surface area contributed by atoms with Crippen molar-refractivity contribution in [3.05, 3.63) is 58.7 Å². The number of carbonyl (C=O) groups excluding carboxylic acids is 1. The molecule has 2 aromatic rings. The van der Waals surface area contributed by atoms with Crippen LogP contribution >= 0.6 is 0 Å². The van der Waals surface area contributed by atoms with E-state index >= 15 is 0 Å². The highest BCUT2D eigenvalue weighted by Gasteiger charge is 2.44. The van der Waals surface area contributed by atoms with Crippen LogP contribution in [0.5, 0.6) is 5.75 Å². The number of nitrogens with one attached hydrogen (secondary N) is 1. The van der Waals surface area contributed by atoms with E-state index in [9.17, 15) is 14.7 Å². The van der Waals surface area contributed by atoms with E-state index in [1.54, 1.807) is 25.3 Å². The maximum Gasteiger partial charge on any atom is 0.337 e. The lowest BCUT2D eigenvalue weighted by Crippen LogP contribution is -2.17. The Kier molecular flexibility index (Phi) is 4.49. The van der Waals surface area contributed by atoms with E-state index in [0.29, 0.717) is 5.69 Å². The van der Waals surface area contributed by atoms with Gasteiger partial charge in [-0.15, -0.1) is 0 Å². The quantitative estimate of drug-likeness (QED) is 0.870. The maximum absolute atomic E-state index is 12.5. The molecule has 2 atom stereocenters. The zero-order valence-electron chi connectivity index (χ0n) is 14.5. The zero-order valence-corrected chi connectivity index (χ0v) is 14.5. The number of methoxy groups -OCH3 is 1. The molecular formula is C20H21NO4. The highest BCUT2D eigenvalue weighted by Crippen LogP contribution is 2.49. The minimum Gasteiger partial charge on any atom is -0.496 e. The second-order valence-electron chi connectivity index (χ2n) is 6.45. The molecular weight excluding hydrogens is 318 g/mol. The lowest BCUT2D eigenvalue weighted by molar-refractivity contribution is -0.117. The molecule has 0 radical (unpaired) electrons. The Labute approximate surface area is 146 Å². The van der Waals surface area contributed by atoms with Gasteiger partial charge in [-0.1, -0.05) is 18.2 Å². The predicted octanol–water partition coefficient (Wildman–Crippen LogP) is 3.75. The van der Waals surface area contributed by atoms with Crippen molar-refractivity contribution in [3.8, 4) is 5.75 Å². The third-order valence-corrected chi connectivity index (χ3v) is 4.83. The molecule has 0 spiro atoms. The highest BCUT2D eigenvalue weighted by molar-refractivity contribution is 6.02. The largest absolute Gasteiger partial charge is 0.496 e. The number of carbonyl (C=O) groups is 2. The molecule has 2 aromatic carbocycles. The fourth-order valence-corrected chi connectivity index (χ4v) is 3.14. The van der Waals surface area contributed by atoms with Gasteiger partial charge in [-0.2, -0.15) is 0 Å². The van der Waals surface area contributed by atoms with Crippen molar-refractivity contribution >= 4 is 17.6 Å². The van der Waals surface area contributed by atoms with E-state index in [4.69, 9.17) is 4.74 Å². The number of carboxylic acid groups (broad SMARTS) is 1. The Morgan fingerprint density at radius 2 is 1.92 bits per heavy atom. The molecule has 1 aliphatic rings. The Balaban J connectivity index is 1.75. The molecule has 1 saturated carbocycles. The van der Waals surface area contributed by atoms with Crippen molar-refractivity contribution in [1.29, 1.82) is 0 Å². The molecule has 2 unspecified atom stereocenters. The summed E-state index contributed by atoms with van der Waals surface area (Å²) in [6, 6.07) is 10.5. The normalized spacial score (nSPS) is 18.5. The average Bonchev–Trinajstić information content (AvgIpc) is 3.38. The van der Waals surface area contributed by atoms with Gasteiger partial charge in [0.05, 0.1) is 18.4 Å². The number of amides is 1. The topological polar surface area (TPSA) is 75.6 Å². The number of hydrogen-bond donors (Lipinski definition) is 2. The molecule has 1 fully saturated rings. The Hall–Kier alpha value is -2.82. The van der Waals surface area contributed by atoms with E-state index in [0.717, 1.165) is 28.9 Å². The van der Waals surface area contributed by atoms with E-state index < -0.39 is 5.97 Å². The van der Waals surface area contributed by atoms with Gasteiger partial charge in [-0.05, 0) is 61.1 Å². The summed E-state index contributed by atoms with van der Waals surface area (Å²) in [7, 11) is 1.64. The number of hydrogen-bond acceptors (Lipinski definition) is 3. The monoisotopic (exact) mass is 339 g/mol. The van der Waals surface area contributed by atoms with Gasteiger partial charge in [0, 0.05) is 5.92 Å². The second kappa shape index (κ2) is 6.59. The number of aryl methyl sites for hydroxylation is 1. The van der Waals surface area contributed by atoms with Crippen LogP contribution in [0.4, 0.5) is 5.69 Å². The van der Waals surface area contributed by atoms with Crippen LogP contribution in [-0.4, -0.2) is 24.1 Å². The minimum atomic E-state index is -1.05. The van der Waals surface area contributed by atoms with Crippen LogP contribution in [0.15, 0.2) is 36.4 Å². The van der Waals surface area contributed by atoms with Crippen LogP contribution in [0.3, 0.4) is 0 Å². The van der Waals surface area contributed by atoms with Crippen LogP contribution in [0, 0.1) is 19.8 Å². The third kappa shape index (κ3) is 3.36. The van der Waals surface area contributed by atoms with E-state index in [-0.39, 0.29) is 23.3 Å². The number of aromatic carboxylic acids is 1. The molecule has 0 bridgehead atoms. The lowest BCUT2D eigenvalue weighted by atomic mass is 10.0. The van der Waals surface area contributed by atoms with Gasteiger partial charge in [-0.25, -0.2) is 4.79 Å². The summed E-state index contributed by atoms with van der Waals surface area (Å²) in [5.41, 5.74) is 3.76. The molecule has 1 aliphatic carbocycles. The van der Waals surface area contributed by atoms with Crippen LogP contribution in [-0.2, 0) is 4.79 Å². The molecule has 2 N–H and O–H groups in total. The summed E-state index contributed by atoms with van der Waals surface area (Å²) < 4.78 is 5.41. The SMILES string of the molecule is COc1cc(C2CC2C(=O)Nc2ccccc2C(=O)O)cc(C)c1C. The zero-order chi connectivity index (χ0) is 18.1. The van der Waals surface area contributed by atoms with Crippen LogP contribution in [0.1, 0.15) is 39.4 Å². The molecule has 3 rings (SSSR count). The van der Waals surface area contributed by atoms with E-state index in [1.807, 2.05) is 19.9 Å². The Morgan fingerprint density at radius 1 is 1.20 bits per heavy atom. The number of anilines is 1. The highest BCUT2D eigenvalue weighted by atomic mass is 16.5. The fraction of sp³-hybridized carbons (Fsp3) is 0.300. The smallest absolute Gasteiger partial charge is 0.337 e. The van der Waals surface area contributed by atoms with Crippen LogP contribution < -0.4 is 10.1 Å². The lowest BCUT2D eigenvalue weighted by Gasteiger charge is -2.11.